The summed E-state index contributed by atoms with van der Waals surface area (Å²) in [7, 11) is 0. The average Bonchev–Trinajstić information content (AvgIpc) is 3.22. The van der Waals surface area contributed by atoms with Gasteiger partial charge in [0, 0.05) is 17.3 Å². The normalized spacial score (nSPS) is 13.1. The molecule has 0 aromatic heterocycles. The van der Waals surface area contributed by atoms with Crippen LogP contribution in [0.15, 0.2) is 84.9 Å². The molecule has 0 bridgehead atoms. The predicted molar refractivity (Wildman–Crippen MR) is 248 cm³/mol. The van der Waals surface area contributed by atoms with Crippen LogP contribution in [0.25, 0.3) is 12.2 Å². The van der Waals surface area contributed by atoms with Gasteiger partial charge in [-0.2, -0.15) is 0 Å². The van der Waals surface area contributed by atoms with Crippen LogP contribution in [0.1, 0.15) is 175 Å². The van der Waals surface area contributed by atoms with Crippen molar-refractivity contribution in [2.24, 2.45) is 0 Å². The molecule has 0 spiro atoms. The molecule has 0 amide bonds. The van der Waals surface area contributed by atoms with Crippen molar-refractivity contribution in [3.63, 3.8) is 0 Å². The number of aliphatic hydroxyl groups is 1. The minimum atomic E-state index is -0.723. The van der Waals surface area contributed by atoms with Gasteiger partial charge in [-0.05, 0) is 140 Å². The lowest BCUT2D eigenvalue weighted by Gasteiger charge is -2.34. The number of rotatable bonds is 19. The van der Waals surface area contributed by atoms with Crippen LogP contribution in [0.4, 0.5) is 0 Å². The summed E-state index contributed by atoms with van der Waals surface area (Å²) >= 11 is 0. The highest BCUT2D eigenvalue weighted by atomic mass is 16.3. The summed E-state index contributed by atoms with van der Waals surface area (Å²) in [6.07, 6.45) is 18.5. The third-order valence-electron chi connectivity index (χ3n) is 13.0. The molecule has 0 saturated carbocycles. The molecule has 314 valence electrons. The monoisotopic (exact) mass is 787 g/mol. The first kappa shape index (κ1) is 48.0. The summed E-state index contributed by atoms with van der Waals surface area (Å²) in [5.74, 6) is 0.834. The van der Waals surface area contributed by atoms with Gasteiger partial charge in [0.1, 0.15) is 11.5 Å². The topological polar surface area (TPSA) is 77.8 Å². The summed E-state index contributed by atoms with van der Waals surface area (Å²) in [5, 5.41) is 30.9. The predicted octanol–water partition coefficient (Wildman–Crippen LogP) is 14.3. The van der Waals surface area contributed by atoms with Gasteiger partial charge in [0.15, 0.2) is 5.78 Å². The lowest BCUT2D eigenvalue weighted by molar-refractivity contribution is -0.114. The van der Waals surface area contributed by atoms with Crippen molar-refractivity contribution in [2.75, 3.05) is 0 Å². The highest BCUT2D eigenvalue weighted by molar-refractivity contribution is 5.93. The van der Waals surface area contributed by atoms with Gasteiger partial charge in [-0.25, -0.2) is 0 Å². The Morgan fingerprint density at radius 2 is 0.948 bits per heavy atom. The van der Waals surface area contributed by atoms with E-state index in [4.69, 9.17) is 0 Å². The van der Waals surface area contributed by atoms with E-state index in [2.05, 4.69) is 116 Å². The van der Waals surface area contributed by atoms with E-state index in [1.807, 2.05) is 45.1 Å². The summed E-state index contributed by atoms with van der Waals surface area (Å²) in [4.78, 5) is 11.6. The SMILES string of the molecule is CCC(=O)/C=C/c1ccc(C(CC)(CC)c2ccc(O)c(C)c2)cc1C.CCCCCCC(O)(/C=C/c1ccc(C(CC)(CC)c2ccc(O)c(C)c2)cc1C)CC. The van der Waals surface area contributed by atoms with Gasteiger partial charge < -0.3 is 15.3 Å². The van der Waals surface area contributed by atoms with Gasteiger partial charge in [0.2, 0.25) is 0 Å². The van der Waals surface area contributed by atoms with Crippen molar-refractivity contribution in [1.82, 2.24) is 0 Å². The second-order valence-corrected chi connectivity index (χ2v) is 16.5. The number of allylic oxidation sites excluding steroid dienone is 1. The van der Waals surface area contributed by atoms with Gasteiger partial charge in [-0.15, -0.1) is 0 Å². The Balaban J connectivity index is 0.000000317. The molecule has 4 rings (SSSR count). The molecule has 0 saturated heterocycles. The van der Waals surface area contributed by atoms with E-state index >= 15 is 0 Å². The number of carbonyl (C=O) groups is 1. The molecule has 0 aliphatic carbocycles. The summed E-state index contributed by atoms with van der Waals surface area (Å²) in [6, 6.07) is 25.2. The van der Waals surface area contributed by atoms with Crippen LogP contribution in [-0.4, -0.2) is 26.7 Å². The number of ketones is 1. The fraction of sp³-hybridized carbons (Fsp3) is 0.463. The molecule has 4 aromatic carbocycles. The van der Waals surface area contributed by atoms with Crippen molar-refractivity contribution in [2.45, 2.75) is 163 Å². The smallest absolute Gasteiger partial charge is 0.155 e. The van der Waals surface area contributed by atoms with Crippen LogP contribution < -0.4 is 0 Å². The van der Waals surface area contributed by atoms with Crippen LogP contribution in [0.5, 0.6) is 11.5 Å². The maximum atomic E-state index is 11.6. The Hall–Kier alpha value is -4.41. The fourth-order valence-electron chi connectivity index (χ4n) is 8.47. The Bertz CT molecular complexity index is 1990. The zero-order valence-electron chi connectivity index (χ0n) is 37.8. The molecule has 1 atom stereocenters. The molecule has 0 aliphatic heterocycles. The van der Waals surface area contributed by atoms with Crippen molar-refractivity contribution < 1.29 is 20.1 Å². The number of phenols is 2. The maximum absolute atomic E-state index is 11.6. The molecule has 4 aromatic rings. The number of aryl methyl sites for hydroxylation is 4. The number of unbranched alkanes of at least 4 members (excludes halogenated alkanes) is 3. The molecule has 0 fully saturated rings. The highest BCUT2D eigenvalue weighted by Gasteiger charge is 2.32. The van der Waals surface area contributed by atoms with Gasteiger partial charge >= 0.3 is 0 Å². The van der Waals surface area contributed by atoms with Crippen LogP contribution in [0.3, 0.4) is 0 Å². The Morgan fingerprint density at radius 1 is 0.534 bits per heavy atom. The number of phenolic OH excluding ortho intramolecular Hbond substituents is 2. The Labute approximate surface area is 352 Å². The minimum Gasteiger partial charge on any atom is -0.508 e. The second kappa shape index (κ2) is 22.1. The van der Waals surface area contributed by atoms with E-state index in [0.29, 0.717) is 17.9 Å². The zero-order chi connectivity index (χ0) is 43.1. The molecule has 0 heterocycles. The largest absolute Gasteiger partial charge is 0.508 e. The first-order chi connectivity index (χ1) is 27.6. The summed E-state index contributed by atoms with van der Waals surface area (Å²) in [5.41, 5.74) is 10.7. The lowest BCUT2D eigenvalue weighted by Crippen LogP contribution is -2.26. The molecule has 4 heteroatoms. The molecule has 58 heavy (non-hydrogen) atoms. The van der Waals surface area contributed by atoms with E-state index in [9.17, 15) is 20.1 Å². The van der Waals surface area contributed by atoms with Gasteiger partial charge in [-0.1, -0.05) is 153 Å². The third kappa shape index (κ3) is 11.6. The van der Waals surface area contributed by atoms with Crippen molar-refractivity contribution in [1.29, 1.82) is 0 Å². The molecule has 0 aliphatic rings. The number of carbonyl (C=O) groups excluding carboxylic acids is 1. The van der Waals surface area contributed by atoms with E-state index in [0.717, 1.165) is 67.2 Å². The number of hydrogen-bond donors (Lipinski definition) is 3. The van der Waals surface area contributed by atoms with Gasteiger partial charge in [-0.3, -0.25) is 4.79 Å². The summed E-state index contributed by atoms with van der Waals surface area (Å²) in [6.45, 7) is 23.2. The molecule has 4 nitrogen and oxygen atoms in total. The minimum absolute atomic E-state index is 0.0745. The van der Waals surface area contributed by atoms with E-state index in [1.165, 1.54) is 52.6 Å². The second-order valence-electron chi connectivity index (χ2n) is 16.5. The summed E-state index contributed by atoms with van der Waals surface area (Å²) < 4.78 is 0. The van der Waals surface area contributed by atoms with Crippen molar-refractivity contribution in [3.05, 3.63) is 141 Å². The average molecular weight is 787 g/mol. The van der Waals surface area contributed by atoms with E-state index in [-0.39, 0.29) is 16.6 Å². The number of benzene rings is 4. The molecule has 0 radical (unpaired) electrons. The van der Waals surface area contributed by atoms with Crippen LogP contribution in [-0.2, 0) is 15.6 Å². The standard InChI is InChI=1S/C30H44O2.C24H30O2/c1-7-11-12-13-19-29(32,8-2)20-18-25-14-15-26(21-23(25)5)30(9-3,10-4)27-16-17-28(31)24(6)22-27;1-6-22(25)13-10-19-9-11-20(15-17(19)4)24(7-2,8-3)21-12-14-23(26)18(5)16-21/h14-18,20-22,31-32H,7-13,19H2,1-6H3;9-16,26H,6-8H2,1-5H3/b20-18+;13-10+. The zero-order valence-corrected chi connectivity index (χ0v) is 37.8. The van der Waals surface area contributed by atoms with Gasteiger partial charge in [0.05, 0.1) is 5.60 Å². The van der Waals surface area contributed by atoms with E-state index in [1.54, 1.807) is 12.1 Å². The first-order valence-electron chi connectivity index (χ1n) is 22.1. The number of aromatic hydroxyl groups is 2. The third-order valence-corrected chi connectivity index (χ3v) is 13.0. The fourth-order valence-corrected chi connectivity index (χ4v) is 8.47. The van der Waals surface area contributed by atoms with E-state index < -0.39 is 5.60 Å². The van der Waals surface area contributed by atoms with Crippen molar-refractivity contribution >= 4 is 17.9 Å². The first-order valence-corrected chi connectivity index (χ1v) is 22.1. The molecular formula is C54H74O4. The van der Waals surface area contributed by atoms with Gasteiger partial charge in [0.25, 0.3) is 0 Å². The van der Waals surface area contributed by atoms with Crippen LogP contribution >= 0.6 is 0 Å². The lowest BCUT2D eigenvalue weighted by atomic mass is 9.70. The van der Waals surface area contributed by atoms with Crippen molar-refractivity contribution in [3.8, 4) is 11.5 Å². The molecule has 3 N–H and O–H groups in total. The molecular weight excluding hydrogens is 713 g/mol. The van der Waals surface area contributed by atoms with Crippen LogP contribution in [0, 0.1) is 27.7 Å². The highest BCUT2D eigenvalue weighted by Crippen LogP contribution is 2.42. The quantitative estimate of drug-likeness (QED) is 0.0653. The maximum Gasteiger partial charge on any atom is 0.155 e. The Kier molecular flexibility index (Phi) is 18.3. The Morgan fingerprint density at radius 3 is 1.31 bits per heavy atom. The van der Waals surface area contributed by atoms with Crippen LogP contribution in [0.2, 0.25) is 0 Å². The molecule has 1 unspecified atom stereocenters. The number of hydrogen-bond acceptors (Lipinski definition) is 4.